The number of rotatable bonds is 5. The van der Waals surface area contributed by atoms with Crippen LogP contribution < -0.4 is 21.3 Å². The lowest BCUT2D eigenvalue weighted by Crippen LogP contribution is -2.46. The zero-order valence-electron chi connectivity index (χ0n) is 16.8. The third kappa shape index (κ3) is 3.73. The third-order valence-electron chi connectivity index (χ3n) is 6.05. The summed E-state index contributed by atoms with van der Waals surface area (Å²) in [4.78, 5) is 39.1. The Morgan fingerprint density at radius 3 is 2.62 bits per heavy atom. The molecule has 7 heteroatoms. The van der Waals surface area contributed by atoms with Crippen LogP contribution in [-0.2, 0) is 24.2 Å². The molecule has 1 fully saturated rings. The van der Waals surface area contributed by atoms with Gasteiger partial charge in [-0.05, 0) is 44.2 Å². The Balaban J connectivity index is 1.68. The SMILES string of the molecule is COc1ccccc1NC(=O)Cn1c2c(c(=O)n(C3CCCCC3)c1=O)CCC2. The summed E-state index contributed by atoms with van der Waals surface area (Å²) in [6.45, 7) is -0.105. The molecule has 0 saturated heterocycles. The van der Waals surface area contributed by atoms with Crippen molar-refractivity contribution in [2.75, 3.05) is 12.4 Å². The van der Waals surface area contributed by atoms with Crippen LogP contribution in [0.3, 0.4) is 0 Å². The van der Waals surface area contributed by atoms with Crippen LogP contribution in [0.15, 0.2) is 33.9 Å². The average molecular weight is 397 g/mol. The number of ether oxygens (including phenoxy) is 1. The van der Waals surface area contributed by atoms with E-state index < -0.39 is 0 Å². The van der Waals surface area contributed by atoms with Crippen molar-refractivity contribution in [3.63, 3.8) is 0 Å². The van der Waals surface area contributed by atoms with Crippen molar-refractivity contribution < 1.29 is 9.53 Å². The molecule has 1 N–H and O–H groups in total. The van der Waals surface area contributed by atoms with Crippen molar-refractivity contribution in [2.24, 2.45) is 0 Å². The van der Waals surface area contributed by atoms with Gasteiger partial charge in [-0.1, -0.05) is 31.4 Å². The van der Waals surface area contributed by atoms with Crippen molar-refractivity contribution in [2.45, 2.75) is 64.0 Å². The van der Waals surface area contributed by atoms with Crippen LogP contribution in [0.5, 0.6) is 5.75 Å². The maximum absolute atomic E-state index is 13.3. The summed E-state index contributed by atoms with van der Waals surface area (Å²) in [5, 5.41) is 2.83. The van der Waals surface area contributed by atoms with E-state index in [9.17, 15) is 14.4 Å². The molecule has 0 radical (unpaired) electrons. The van der Waals surface area contributed by atoms with Gasteiger partial charge < -0.3 is 10.1 Å². The van der Waals surface area contributed by atoms with Crippen LogP contribution in [0.1, 0.15) is 55.8 Å². The van der Waals surface area contributed by atoms with Gasteiger partial charge in [-0.25, -0.2) is 4.79 Å². The fourth-order valence-corrected chi connectivity index (χ4v) is 4.64. The first-order valence-electron chi connectivity index (χ1n) is 10.4. The van der Waals surface area contributed by atoms with Crippen LogP contribution in [-0.4, -0.2) is 22.2 Å². The van der Waals surface area contributed by atoms with Crippen molar-refractivity contribution in [1.82, 2.24) is 9.13 Å². The van der Waals surface area contributed by atoms with Gasteiger partial charge in [-0.2, -0.15) is 0 Å². The van der Waals surface area contributed by atoms with Crippen molar-refractivity contribution in [1.29, 1.82) is 0 Å². The van der Waals surface area contributed by atoms with Gasteiger partial charge in [0.05, 0.1) is 12.8 Å². The van der Waals surface area contributed by atoms with Crippen LogP contribution in [0.25, 0.3) is 0 Å². The lowest BCUT2D eigenvalue weighted by molar-refractivity contribution is -0.116. The zero-order valence-corrected chi connectivity index (χ0v) is 16.8. The van der Waals surface area contributed by atoms with Crippen LogP contribution >= 0.6 is 0 Å². The number of hydrogen-bond donors (Lipinski definition) is 1. The molecule has 4 rings (SSSR count). The van der Waals surface area contributed by atoms with E-state index in [2.05, 4.69) is 5.32 Å². The summed E-state index contributed by atoms with van der Waals surface area (Å²) in [5.74, 6) is 0.255. The molecule has 1 amide bonds. The molecule has 0 unspecified atom stereocenters. The second-order valence-electron chi connectivity index (χ2n) is 7.86. The number of carbonyl (C=O) groups excluding carboxylic acids is 1. The molecule has 0 spiro atoms. The Morgan fingerprint density at radius 1 is 1.10 bits per heavy atom. The number of aromatic nitrogens is 2. The largest absolute Gasteiger partial charge is 0.495 e. The smallest absolute Gasteiger partial charge is 0.331 e. The second kappa shape index (κ2) is 8.27. The Labute approximate surface area is 169 Å². The van der Waals surface area contributed by atoms with Gasteiger partial charge in [0, 0.05) is 17.3 Å². The zero-order chi connectivity index (χ0) is 20.4. The highest BCUT2D eigenvalue weighted by Crippen LogP contribution is 2.27. The van der Waals surface area contributed by atoms with Crippen LogP contribution in [0, 0.1) is 0 Å². The minimum Gasteiger partial charge on any atom is -0.495 e. The first-order valence-corrected chi connectivity index (χ1v) is 10.4. The van der Waals surface area contributed by atoms with Crippen LogP contribution in [0.2, 0.25) is 0 Å². The van der Waals surface area contributed by atoms with E-state index in [0.717, 1.165) is 44.2 Å². The maximum atomic E-state index is 13.3. The molecule has 1 aromatic carbocycles. The molecule has 1 aromatic heterocycles. The molecule has 0 atom stereocenters. The minimum atomic E-state index is -0.349. The molecule has 0 bridgehead atoms. The average Bonchev–Trinajstić information content (AvgIpc) is 3.23. The van der Waals surface area contributed by atoms with E-state index in [4.69, 9.17) is 4.74 Å². The highest BCUT2D eigenvalue weighted by Gasteiger charge is 2.28. The predicted octanol–water partition coefficient (Wildman–Crippen LogP) is 2.65. The Kier molecular flexibility index (Phi) is 5.56. The standard InChI is InChI=1S/C22H27N3O4/c1-29-19-13-6-5-11-17(19)23-20(26)14-24-18-12-7-10-16(18)21(27)25(22(24)28)15-8-3-2-4-9-15/h5-6,11,13,15H,2-4,7-10,12,14H2,1H3,(H,23,26). The number of fused-ring (bicyclic) bond motifs is 1. The highest BCUT2D eigenvalue weighted by atomic mass is 16.5. The van der Waals surface area contributed by atoms with Gasteiger partial charge in [0.15, 0.2) is 0 Å². The molecule has 2 aliphatic rings. The third-order valence-corrected chi connectivity index (χ3v) is 6.05. The molecule has 2 aromatic rings. The summed E-state index contributed by atoms with van der Waals surface area (Å²) in [6, 6.07) is 7.10. The molecular formula is C22H27N3O4. The molecule has 0 aliphatic heterocycles. The summed E-state index contributed by atoms with van der Waals surface area (Å²) >= 11 is 0. The van der Waals surface area contributed by atoms with E-state index in [1.165, 1.54) is 9.13 Å². The maximum Gasteiger partial charge on any atom is 0.331 e. The summed E-state index contributed by atoms with van der Waals surface area (Å²) in [7, 11) is 1.54. The molecule has 1 heterocycles. The Morgan fingerprint density at radius 2 is 1.86 bits per heavy atom. The molecule has 29 heavy (non-hydrogen) atoms. The van der Waals surface area contributed by atoms with E-state index in [1.54, 1.807) is 19.2 Å². The number of para-hydroxylation sites is 2. The van der Waals surface area contributed by atoms with Crippen molar-refractivity contribution in [3.05, 3.63) is 56.4 Å². The summed E-state index contributed by atoms with van der Waals surface area (Å²) in [5.41, 5.74) is 1.50. The van der Waals surface area contributed by atoms with Crippen LogP contribution in [0.4, 0.5) is 5.69 Å². The van der Waals surface area contributed by atoms with E-state index >= 15 is 0 Å². The first kappa shape index (κ1) is 19.5. The molecule has 7 nitrogen and oxygen atoms in total. The molecular weight excluding hydrogens is 370 g/mol. The van der Waals surface area contributed by atoms with Crippen molar-refractivity contribution >= 4 is 11.6 Å². The van der Waals surface area contributed by atoms with E-state index in [-0.39, 0.29) is 29.7 Å². The number of benzene rings is 1. The number of anilines is 1. The molecule has 154 valence electrons. The second-order valence-corrected chi connectivity index (χ2v) is 7.86. The Bertz CT molecular complexity index is 1030. The molecule has 1 saturated carbocycles. The number of methoxy groups -OCH3 is 1. The number of amides is 1. The van der Waals surface area contributed by atoms with Gasteiger partial charge >= 0.3 is 5.69 Å². The van der Waals surface area contributed by atoms with Gasteiger partial charge in [-0.3, -0.25) is 18.7 Å². The number of carbonyl (C=O) groups is 1. The lowest BCUT2D eigenvalue weighted by Gasteiger charge is -2.25. The van der Waals surface area contributed by atoms with Gasteiger partial charge in [0.25, 0.3) is 5.56 Å². The van der Waals surface area contributed by atoms with E-state index in [0.29, 0.717) is 29.8 Å². The van der Waals surface area contributed by atoms with Gasteiger partial charge in [0.1, 0.15) is 12.3 Å². The normalized spacial score (nSPS) is 16.4. The van der Waals surface area contributed by atoms with Crippen molar-refractivity contribution in [3.8, 4) is 5.75 Å². The van der Waals surface area contributed by atoms with Gasteiger partial charge in [0.2, 0.25) is 5.91 Å². The fourth-order valence-electron chi connectivity index (χ4n) is 4.64. The predicted molar refractivity (Wildman–Crippen MR) is 111 cm³/mol. The lowest BCUT2D eigenvalue weighted by atomic mass is 9.95. The monoisotopic (exact) mass is 397 g/mol. The number of nitrogens with zero attached hydrogens (tertiary/aromatic N) is 2. The summed E-state index contributed by atoms with van der Waals surface area (Å²) < 4.78 is 8.23. The summed E-state index contributed by atoms with van der Waals surface area (Å²) in [6.07, 6.45) is 7.08. The van der Waals surface area contributed by atoms with E-state index in [1.807, 2.05) is 12.1 Å². The fraction of sp³-hybridized carbons (Fsp3) is 0.500. The highest BCUT2D eigenvalue weighted by molar-refractivity contribution is 5.92. The quantitative estimate of drug-likeness (QED) is 0.841. The Hall–Kier alpha value is -2.83. The number of nitrogens with one attached hydrogen (secondary N) is 1. The molecule has 2 aliphatic carbocycles. The minimum absolute atomic E-state index is 0.0572. The number of hydrogen-bond acceptors (Lipinski definition) is 4. The van der Waals surface area contributed by atoms with Gasteiger partial charge in [-0.15, -0.1) is 0 Å². The first-order chi connectivity index (χ1) is 14.1. The topological polar surface area (TPSA) is 82.3 Å².